The normalized spacial score (nSPS) is 13.4. The van der Waals surface area contributed by atoms with Gasteiger partial charge in [0.2, 0.25) is 0 Å². The quantitative estimate of drug-likeness (QED) is 0.497. The smallest absolute Gasteiger partial charge is 0.0221 e. The fraction of sp³-hybridized carbons (Fsp3) is 1.00. The summed E-state index contributed by atoms with van der Waals surface area (Å²) in [5.41, 5.74) is 6.01. The van der Waals surface area contributed by atoms with Crippen molar-refractivity contribution in [3.63, 3.8) is 0 Å². The van der Waals surface area contributed by atoms with Gasteiger partial charge in [-0.15, -0.1) is 0 Å². The molecule has 1 atom stereocenters. The summed E-state index contributed by atoms with van der Waals surface area (Å²) in [7, 11) is 0. The molecule has 0 aromatic heterocycles. The second kappa shape index (κ2) is 12.9. The largest absolute Gasteiger partial charge is 0.329 e. The van der Waals surface area contributed by atoms with Crippen LogP contribution < -0.4 is 5.73 Å². The second-order valence-electron chi connectivity index (χ2n) is 6.13. The number of unbranched alkanes of at least 4 members (excludes halogenated alkanes) is 6. The summed E-state index contributed by atoms with van der Waals surface area (Å²) in [5.74, 6) is 0. The molecule has 0 heterocycles. The minimum atomic E-state index is 0.596. The Morgan fingerprint density at radius 2 is 1.42 bits per heavy atom. The molecular formula is C17H38N2. The number of nitrogens with two attached hydrogens (primary N) is 1. The van der Waals surface area contributed by atoms with Crippen LogP contribution in [0.5, 0.6) is 0 Å². The molecule has 116 valence electrons. The number of hydrogen-bond acceptors (Lipinski definition) is 2. The van der Waals surface area contributed by atoms with E-state index < -0.39 is 0 Å². The maximum absolute atomic E-state index is 6.01. The van der Waals surface area contributed by atoms with Crippen molar-refractivity contribution in [3.8, 4) is 0 Å². The lowest BCUT2D eigenvalue weighted by Crippen LogP contribution is -2.45. The zero-order chi connectivity index (χ0) is 14.5. The third-order valence-electron chi connectivity index (χ3n) is 4.07. The zero-order valence-corrected chi connectivity index (χ0v) is 14.0. The van der Waals surface area contributed by atoms with Gasteiger partial charge in [-0.3, -0.25) is 4.90 Å². The third kappa shape index (κ3) is 9.45. The highest BCUT2D eigenvalue weighted by molar-refractivity contribution is 4.75. The Balaban J connectivity index is 4.02. The van der Waals surface area contributed by atoms with Crippen LogP contribution in [0, 0.1) is 0 Å². The average molecular weight is 271 g/mol. The lowest BCUT2D eigenvalue weighted by atomic mass is 10.0. The minimum absolute atomic E-state index is 0.596. The molecule has 0 aliphatic heterocycles. The van der Waals surface area contributed by atoms with Gasteiger partial charge in [0.1, 0.15) is 0 Å². The standard InChI is InChI=1S/C17H38N2/c1-5-7-9-10-11-13-17(15-18)19(16(3)4)14-12-8-6-2/h16-17H,5-15,18H2,1-4H3. The highest BCUT2D eigenvalue weighted by atomic mass is 15.2. The van der Waals surface area contributed by atoms with Gasteiger partial charge in [-0.2, -0.15) is 0 Å². The summed E-state index contributed by atoms with van der Waals surface area (Å²) in [6, 6.07) is 1.22. The van der Waals surface area contributed by atoms with E-state index >= 15 is 0 Å². The van der Waals surface area contributed by atoms with E-state index in [0.29, 0.717) is 12.1 Å². The fourth-order valence-electron chi connectivity index (χ4n) is 2.81. The van der Waals surface area contributed by atoms with E-state index in [1.807, 2.05) is 0 Å². The Hall–Kier alpha value is -0.0800. The Bertz CT molecular complexity index is 180. The first-order chi connectivity index (χ1) is 9.17. The molecule has 0 spiro atoms. The molecule has 0 aromatic rings. The van der Waals surface area contributed by atoms with Crippen molar-refractivity contribution in [2.75, 3.05) is 13.1 Å². The average Bonchev–Trinajstić information content (AvgIpc) is 2.40. The number of rotatable bonds is 13. The van der Waals surface area contributed by atoms with Gasteiger partial charge in [-0.25, -0.2) is 0 Å². The monoisotopic (exact) mass is 270 g/mol. The maximum atomic E-state index is 6.01. The predicted octanol–water partition coefficient (Wildman–Crippen LogP) is 4.57. The molecule has 0 aliphatic rings. The fourth-order valence-corrected chi connectivity index (χ4v) is 2.81. The molecule has 0 fully saturated rings. The van der Waals surface area contributed by atoms with Gasteiger partial charge in [0, 0.05) is 18.6 Å². The van der Waals surface area contributed by atoms with Crippen LogP contribution in [0.1, 0.15) is 85.5 Å². The van der Waals surface area contributed by atoms with Gasteiger partial charge in [0.05, 0.1) is 0 Å². The summed E-state index contributed by atoms with van der Waals surface area (Å²) in [5, 5.41) is 0. The number of nitrogens with zero attached hydrogens (tertiary/aromatic N) is 1. The van der Waals surface area contributed by atoms with Gasteiger partial charge in [0.25, 0.3) is 0 Å². The Kier molecular flexibility index (Phi) is 12.9. The van der Waals surface area contributed by atoms with Crippen molar-refractivity contribution in [1.82, 2.24) is 4.90 Å². The highest BCUT2D eigenvalue weighted by Gasteiger charge is 2.18. The summed E-state index contributed by atoms with van der Waals surface area (Å²) in [4.78, 5) is 2.63. The SMILES string of the molecule is CCCCCCCC(CN)N(CCCCC)C(C)C. The number of hydrogen-bond donors (Lipinski definition) is 1. The van der Waals surface area contributed by atoms with Gasteiger partial charge in [-0.1, -0.05) is 58.8 Å². The van der Waals surface area contributed by atoms with Crippen LogP contribution in [0.4, 0.5) is 0 Å². The molecule has 0 aliphatic carbocycles. The molecule has 0 saturated heterocycles. The first-order valence-electron chi connectivity index (χ1n) is 8.63. The predicted molar refractivity (Wildman–Crippen MR) is 87.6 cm³/mol. The first kappa shape index (κ1) is 18.9. The lowest BCUT2D eigenvalue weighted by Gasteiger charge is -2.34. The van der Waals surface area contributed by atoms with Crippen LogP contribution in [-0.2, 0) is 0 Å². The second-order valence-corrected chi connectivity index (χ2v) is 6.13. The van der Waals surface area contributed by atoms with E-state index in [4.69, 9.17) is 5.73 Å². The van der Waals surface area contributed by atoms with E-state index in [2.05, 4.69) is 32.6 Å². The maximum Gasteiger partial charge on any atom is 0.0221 e. The summed E-state index contributed by atoms with van der Waals surface area (Å²) >= 11 is 0. The molecule has 2 N–H and O–H groups in total. The molecule has 0 rings (SSSR count). The zero-order valence-electron chi connectivity index (χ0n) is 14.0. The molecule has 0 aromatic carbocycles. The topological polar surface area (TPSA) is 29.3 Å². The third-order valence-corrected chi connectivity index (χ3v) is 4.07. The minimum Gasteiger partial charge on any atom is -0.329 e. The van der Waals surface area contributed by atoms with Crippen LogP contribution in [-0.4, -0.2) is 30.1 Å². The highest BCUT2D eigenvalue weighted by Crippen LogP contribution is 2.15. The summed E-state index contributed by atoms with van der Waals surface area (Å²) < 4.78 is 0. The van der Waals surface area contributed by atoms with Crippen LogP contribution in [0.3, 0.4) is 0 Å². The molecule has 0 radical (unpaired) electrons. The molecule has 0 amide bonds. The van der Waals surface area contributed by atoms with E-state index in [1.165, 1.54) is 64.3 Å². The van der Waals surface area contributed by atoms with Crippen molar-refractivity contribution in [2.24, 2.45) is 5.73 Å². The Morgan fingerprint density at radius 3 is 1.95 bits per heavy atom. The molecule has 0 saturated carbocycles. The van der Waals surface area contributed by atoms with E-state index in [-0.39, 0.29) is 0 Å². The summed E-state index contributed by atoms with van der Waals surface area (Å²) in [6.45, 7) is 11.2. The van der Waals surface area contributed by atoms with E-state index in [1.54, 1.807) is 0 Å². The molecule has 2 nitrogen and oxygen atoms in total. The molecule has 2 heteroatoms. The van der Waals surface area contributed by atoms with Crippen molar-refractivity contribution in [1.29, 1.82) is 0 Å². The van der Waals surface area contributed by atoms with Crippen LogP contribution >= 0.6 is 0 Å². The Labute approximate surface area is 122 Å². The van der Waals surface area contributed by atoms with Crippen LogP contribution in [0.25, 0.3) is 0 Å². The van der Waals surface area contributed by atoms with Crippen molar-refractivity contribution in [2.45, 2.75) is 97.6 Å². The first-order valence-corrected chi connectivity index (χ1v) is 8.63. The molecule has 0 bridgehead atoms. The van der Waals surface area contributed by atoms with Crippen molar-refractivity contribution in [3.05, 3.63) is 0 Å². The lowest BCUT2D eigenvalue weighted by molar-refractivity contribution is 0.143. The molecule has 19 heavy (non-hydrogen) atoms. The molecule has 1 unspecified atom stereocenters. The van der Waals surface area contributed by atoms with Gasteiger partial charge in [0.15, 0.2) is 0 Å². The van der Waals surface area contributed by atoms with Crippen LogP contribution in [0.2, 0.25) is 0 Å². The van der Waals surface area contributed by atoms with E-state index in [0.717, 1.165) is 6.54 Å². The molecular weight excluding hydrogens is 232 g/mol. The van der Waals surface area contributed by atoms with Gasteiger partial charge >= 0.3 is 0 Å². The Morgan fingerprint density at radius 1 is 0.842 bits per heavy atom. The van der Waals surface area contributed by atoms with Crippen LogP contribution in [0.15, 0.2) is 0 Å². The van der Waals surface area contributed by atoms with Crippen molar-refractivity contribution >= 4 is 0 Å². The van der Waals surface area contributed by atoms with E-state index in [9.17, 15) is 0 Å². The van der Waals surface area contributed by atoms with Crippen molar-refractivity contribution < 1.29 is 0 Å². The van der Waals surface area contributed by atoms with Gasteiger partial charge < -0.3 is 5.73 Å². The van der Waals surface area contributed by atoms with Gasteiger partial charge in [-0.05, 0) is 33.2 Å². The summed E-state index contributed by atoms with van der Waals surface area (Å²) in [6.07, 6.45) is 12.1.